The van der Waals surface area contributed by atoms with Crippen molar-refractivity contribution in [1.82, 2.24) is 14.9 Å². The van der Waals surface area contributed by atoms with E-state index in [9.17, 15) is 4.79 Å². The van der Waals surface area contributed by atoms with Crippen molar-refractivity contribution in [2.24, 2.45) is 5.92 Å². The lowest BCUT2D eigenvalue weighted by Gasteiger charge is -2.24. The topological polar surface area (TPSA) is 46.1 Å². The van der Waals surface area contributed by atoms with Crippen molar-refractivity contribution in [2.75, 3.05) is 7.05 Å². The third-order valence-electron chi connectivity index (χ3n) is 4.51. The maximum absolute atomic E-state index is 12.8. The van der Waals surface area contributed by atoms with Gasteiger partial charge in [-0.25, -0.2) is 9.97 Å². The van der Waals surface area contributed by atoms with Gasteiger partial charge in [0.1, 0.15) is 10.7 Å². The van der Waals surface area contributed by atoms with Crippen LogP contribution < -0.4 is 0 Å². The third kappa shape index (κ3) is 2.44. The first kappa shape index (κ1) is 14.4. The highest BCUT2D eigenvalue weighted by molar-refractivity contribution is 7.20. The molecule has 3 rings (SSSR count). The first-order valence-corrected chi connectivity index (χ1v) is 8.23. The quantitative estimate of drug-likeness (QED) is 0.872. The Balaban J connectivity index is 2.02. The first-order valence-electron chi connectivity index (χ1n) is 7.41. The first-order chi connectivity index (χ1) is 9.90. The molecule has 2 heterocycles. The molecular formula is C16H21N3OS. The van der Waals surface area contributed by atoms with E-state index in [-0.39, 0.29) is 5.91 Å². The Morgan fingerprint density at radius 2 is 1.95 bits per heavy atom. The van der Waals surface area contributed by atoms with Gasteiger partial charge in [-0.3, -0.25) is 4.79 Å². The van der Waals surface area contributed by atoms with Gasteiger partial charge in [0.2, 0.25) is 0 Å². The van der Waals surface area contributed by atoms with Gasteiger partial charge in [0, 0.05) is 24.2 Å². The van der Waals surface area contributed by atoms with Crippen LogP contribution in [-0.2, 0) is 0 Å². The smallest absolute Gasteiger partial charge is 0.264 e. The van der Waals surface area contributed by atoms with E-state index >= 15 is 0 Å². The summed E-state index contributed by atoms with van der Waals surface area (Å²) in [5.41, 5.74) is 1.98. The van der Waals surface area contributed by atoms with Gasteiger partial charge in [0.05, 0.1) is 4.88 Å². The van der Waals surface area contributed by atoms with Gasteiger partial charge in [-0.1, -0.05) is 0 Å². The lowest BCUT2D eigenvalue weighted by molar-refractivity contribution is 0.0731. The van der Waals surface area contributed by atoms with E-state index in [1.165, 1.54) is 24.2 Å². The van der Waals surface area contributed by atoms with E-state index in [0.29, 0.717) is 12.0 Å². The fourth-order valence-corrected chi connectivity index (χ4v) is 4.18. The molecule has 4 nitrogen and oxygen atoms in total. The molecule has 0 aromatic carbocycles. The van der Waals surface area contributed by atoms with Crippen LogP contribution in [0.25, 0.3) is 10.2 Å². The standard InChI is InChI=1S/C16H21N3OS/c1-8-13-9(2)17-11(4)18-15(13)21-14(8)16(20)19(5)10(3)12-6-7-12/h10,12H,6-7H2,1-5H3. The summed E-state index contributed by atoms with van der Waals surface area (Å²) in [6.07, 6.45) is 2.49. The second-order valence-electron chi connectivity index (χ2n) is 6.09. The molecule has 2 aromatic heterocycles. The fraction of sp³-hybridized carbons (Fsp3) is 0.562. The van der Waals surface area contributed by atoms with Crippen LogP contribution in [0.5, 0.6) is 0 Å². The molecule has 1 fully saturated rings. The van der Waals surface area contributed by atoms with Crippen LogP contribution >= 0.6 is 11.3 Å². The van der Waals surface area contributed by atoms with E-state index in [1.807, 2.05) is 32.7 Å². The molecular weight excluding hydrogens is 282 g/mol. The Morgan fingerprint density at radius 1 is 1.29 bits per heavy atom. The monoisotopic (exact) mass is 303 g/mol. The molecule has 0 saturated heterocycles. The fourth-order valence-electron chi connectivity index (χ4n) is 2.92. The maximum Gasteiger partial charge on any atom is 0.264 e. The molecule has 1 aliphatic carbocycles. The van der Waals surface area contributed by atoms with E-state index in [2.05, 4.69) is 16.9 Å². The molecule has 0 aliphatic heterocycles. The normalized spacial score (nSPS) is 16.2. The molecule has 2 aromatic rings. The largest absolute Gasteiger partial charge is 0.338 e. The third-order valence-corrected chi connectivity index (χ3v) is 5.69. The summed E-state index contributed by atoms with van der Waals surface area (Å²) in [5, 5.41) is 1.04. The highest BCUT2D eigenvalue weighted by Gasteiger charge is 2.33. The molecule has 21 heavy (non-hydrogen) atoms. The van der Waals surface area contributed by atoms with Crippen molar-refractivity contribution in [3.63, 3.8) is 0 Å². The SMILES string of the molecule is Cc1nc(C)c2c(C)c(C(=O)N(C)C(C)C3CC3)sc2n1. The second kappa shape index (κ2) is 5.05. The van der Waals surface area contributed by atoms with Crippen molar-refractivity contribution in [3.8, 4) is 0 Å². The average molecular weight is 303 g/mol. The van der Waals surface area contributed by atoms with E-state index in [4.69, 9.17) is 0 Å². The number of nitrogens with zero attached hydrogens (tertiary/aromatic N) is 3. The predicted octanol–water partition coefficient (Wildman–Crippen LogP) is 3.49. The summed E-state index contributed by atoms with van der Waals surface area (Å²) >= 11 is 1.50. The lowest BCUT2D eigenvalue weighted by atomic mass is 10.1. The molecule has 5 heteroatoms. The number of aryl methyl sites for hydroxylation is 3. The van der Waals surface area contributed by atoms with Gasteiger partial charge in [-0.05, 0) is 52.0 Å². The molecule has 1 amide bonds. The number of fused-ring (bicyclic) bond motifs is 1. The van der Waals surface area contributed by atoms with Gasteiger partial charge >= 0.3 is 0 Å². The van der Waals surface area contributed by atoms with Gasteiger partial charge in [-0.2, -0.15) is 0 Å². The van der Waals surface area contributed by atoms with Crippen LogP contribution in [0, 0.1) is 26.7 Å². The summed E-state index contributed by atoms with van der Waals surface area (Å²) in [6.45, 7) is 8.03. The van der Waals surface area contributed by atoms with Crippen LogP contribution in [0.3, 0.4) is 0 Å². The molecule has 1 aliphatic rings. The molecule has 1 atom stereocenters. The van der Waals surface area contributed by atoms with Crippen molar-refractivity contribution < 1.29 is 4.79 Å². The molecule has 1 unspecified atom stereocenters. The van der Waals surface area contributed by atoms with Crippen LogP contribution in [0.4, 0.5) is 0 Å². The molecule has 112 valence electrons. The maximum atomic E-state index is 12.8. The van der Waals surface area contributed by atoms with Gasteiger partial charge in [0.15, 0.2) is 0 Å². The molecule has 0 bridgehead atoms. The minimum atomic E-state index is 0.118. The zero-order valence-corrected chi connectivity index (χ0v) is 14.0. The zero-order chi connectivity index (χ0) is 15.3. The Kier molecular flexibility index (Phi) is 3.48. The number of carbonyl (C=O) groups excluding carboxylic acids is 1. The van der Waals surface area contributed by atoms with Crippen molar-refractivity contribution in [1.29, 1.82) is 0 Å². The number of aromatic nitrogens is 2. The Morgan fingerprint density at radius 3 is 2.57 bits per heavy atom. The number of carbonyl (C=O) groups is 1. The summed E-state index contributed by atoms with van der Waals surface area (Å²) < 4.78 is 0. The average Bonchev–Trinajstić information content (AvgIpc) is 3.21. The van der Waals surface area contributed by atoms with Gasteiger partial charge in [-0.15, -0.1) is 11.3 Å². The van der Waals surface area contributed by atoms with E-state index in [0.717, 1.165) is 32.2 Å². The predicted molar refractivity (Wildman–Crippen MR) is 85.9 cm³/mol. The van der Waals surface area contributed by atoms with Crippen molar-refractivity contribution >= 4 is 27.5 Å². The molecule has 0 radical (unpaired) electrons. The summed E-state index contributed by atoms with van der Waals surface area (Å²) in [6, 6.07) is 0.316. The van der Waals surface area contributed by atoms with Crippen LogP contribution in [0.1, 0.15) is 46.5 Å². The Hall–Kier alpha value is -1.49. The van der Waals surface area contributed by atoms with Gasteiger partial charge < -0.3 is 4.90 Å². The minimum Gasteiger partial charge on any atom is -0.338 e. The number of amides is 1. The minimum absolute atomic E-state index is 0.118. The highest BCUT2D eigenvalue weighted by atomic mass is 32.1. The van der Waals surface area contributed by atoms with Gasteiger partial charge in [0.25, 0.3) is 5.91 Å². The molecule has 0 N–H and O–H groups in total. The molecule has 1 saturated carbocycles. The summed E-state index contributed by atoms with van der Waals surface area (Å²) in [7, 11) is 1.92. The Labute approximate surface area is 129 Å². The Bertz CT molecular complexity index is 718. The van der Waals surface area contributed by atoms with Crippen LogP contribution in [0.15, 0.2) is 0 Å². The second-order valence-corrected chi connectivity index (χ2v) is 7.09. The van der Waals surface area contributed by atoms with E-state index in [1.54, 1.807) is 0 Å². The van der Waals surface area contributed by atoms with Crippen LogP contribution in [-0.4, -0.2) is 33.9 Å². The zero-order valence-electron chi connectivity index (χ0n) is 13.2. The molecule has 0 spiro atoms. The number of rotatable bonds is 3. The van der Waals surface area contributed by atoms with E-state index < -0.39 is 0 Å². The highest BCUT2D eigenvalue weighted by Crippen LogP contribution is 2.37. The number of hydrogen-bond donors (Lipinski definition) is 0. The number of hydrogen-bond acceptors (Lipinski definition) is 4. The van der Waals surface area contributed by atoms with Crippen molar-refractivity contribution in [3.05, 3.63) is 22.0 Å². The summed E-state index contributed by atoms with van der Waals surface area (Å²) in [5.74, 6) is 1.56. The van der Waals surface area contributed by atoms with Crippen LogP contribution in [0.2, 0.25) is 0 Å². The lowest BCUT2D eigenvalue weighted by Crippen LogP contribution is -2.36. The number of thiophene rings is 1. The van der Waals surface area contributed by atoms with Crippen molar-refractivity contribution in [2.45, 2.75) is 46.6 Å². The summed E-state index contributed by atoms with van der Waals surface area (Å²) in [4.78, 5) is 25.3.